The summed E-state index contributed by atoms with van der Waals surface area (Å²) in [4.78, 5) is 17.9. The van der Waals surface area contributed by atoms with E-state index in [2.05, 4.69) is 21.9 Å². The molecule has 1 aliphatic heterocycles. The lowest BCUT2D eigenvalue weighted by molar-refractivity contribution is 0.220. The fraction of sp³-hybridized carbons (Fsp3) is 0.625. The molecule has 0 bridgehead atoms. The van der Waals surface area contributed by atoms with E-state index in [1.54, 1.807) is 0 Å². The molecule has 3 rings (SSSR count). The van der Waals surface area contributed by atoms with Gasteiger partial charge in [-0.15, -0.1) is 12.4 Å². The minimum atomic E-state index is 0. The van der Waals surface area contributed by atoms with Crippen LogP contribution in [0.5, 0.6) is 0 Å². The third kappa shape index (κ3) is 2.92. The number of hydrogen-bond donors (Lipinski definition) is 1. The van der Waals surface area contributed by atoms with Crippen molar-refractivity contribution in [1.82, 2.24) is 19.7 Å². The summed E-state index contributed by atoms with van der Waals surface area (Å²) in [5.74, 6) is 0. The fourth-order valence-corrected chi connectivity index (χ4v) is 3.42. The maximum atomic E-state index is 12.5. The van der Waals surface area contributed by atoms with Gasteiger partial charge in [-0.1, -0.05) is 6.42 Å². The monoisotopic (exact) mass is 324 g/mol. The van der Waals surface area contributed by atoms with E-state index in [9.17, 15) is 4.79 Å². The first kappa shape index (κ1) is 17.0. The molecule has 0 aliphatic carbocycles. The number of hydrogen-bond acceptors (Lipinski definition) is 3. The Hall–Kier alpha value is -1.33. The largest absolute Gasteiger partial charge is 0.306 e. The maximum Gasteiger partial charge on any atom is 0.254 e. The normalized spacial score (nSPS) is 16.0. The Morgan fingerprint density at radius 1 is 1.18 bits per heavy atom. The molecule has 6 heteroatoms. The number of nitrogens with one attached hydrogen (secondary N) is 1. The van der Waals surface area contributed by atoms with Gasteiger partial charge in [-0.3, -0.25) is 9.69 Å². The zero-order valence-electron chi connectivity index (χ0n) is 13.6. The highest BCUT2D eigenvalue weighted by Gasteiger charge is 2.18. The van der Waals surface area contributed by atoms with Gasteiger partial charge in [-0.2, -0.15) is 5.10 Å². The van der Waals surface area contributed by atoms with E-state index in [-0.39, 0.29) is 18.0 Å². The predicted molar refractivity (Wildman–Crippen MR) is 91.9 cm³/mol. The molecule has 0 unspecified atom stereocenters. The topological polar surface area (TPSA) is 53.9 Å². The van der Waals surface area contributed by atoms with Crippen LogP contribution in [0.25, 0.3) is 11.0 Å². The number of aromatic amines is 1. The molecule has 0 atom stereocenters. The van der Waals surface area contributed by atoms with Gasteiger partial charge in [0, 0.05) is 24.0 Å². The molecule has 0 amide bonds. The molecule has 5 nitrogen and oxygen atoms in total. The van der Waals surface area contributed by atoms with E-state index >= 15 is 0 Å². The maximum absolute atomic E-state index is 12.5. The highest BCUT2D eigenvalue weighted by Crippen LogP contribution is 2.22. The Balaban J connectivity index is 0.00000176. The average molecular weight is 325 g/mol. The molecular weight excluding hydrogens is 300 g/mol. The third-order valence-electron chi connectivity index (χ3n) is 4.59. The lowest BCUT2D eigenvalue weighted by Crippen LogP contribution is -2.32. The van der Waals surface area contributed by atoms with Gasteiger partial charge < -0.3 is 4.98 Å². The summed E-state index contributed by atoms with van der Waals surface area (Å²) in [5.41, 5.74) is 3.90. The fourth-order valence-electron chi connectivity index (χ4n) is 3.42. The van der Waals surface area contributed by atoms with Gasteiger partial charge in [0.1, 0.15) is 5.65 Å². The van der Waals surface area contributed by atoms with Crippen LogP contribution in [0.15, 0.2) is 4.79 Å². The molecule has 1 N–H and O–H groups in total. The van der Waals surface area contributed by atoms with E-state index in [0.29, 0.717) is 0 Å². The number of rotatable bonds is 3. The van der Waals surface area contributed by atoms with Crippen LogP contribution in [-0.2, 0) is 13.1 Å². The minimum Gasteiger partial charge on any atom is -0.306 e. The zero-order chi connectivity index (χ0) is 15.0. The molecule has 0 radical (unpaired) electrons. The van der Waals surface area contributed by atoms with E-state index in [4.69, 9.17) is 0 Å². The predicted octanol–water partition coefficient (Wildman–Crippen LogP) is 2.77. The van der Waals surface area contributed by atoms with Crippen LogP contribution in [0.4, 0.5) is 0 Å². The number of piperidine rings is 1. The Morgan fingerprint density at radius 2 is 1.86 bits per heavy atom. The van der Waals surface area contributed by atoms with Crippen LogP contribution in [0.1, 0.15) is 43.0 Å². The van der Waals surface area contributed by atoms with Crippen LogP contribution in [0.2, 0.25) is 0 Å². The van der Waals surface area contributed by atoms with Crippen molar-refractivity contribution in [3.8, 4) is 0 Å². The van der Waals surface area contributed by atoms with Crippen LogP contribution in [0, 0.1) is 13.8 Å². The first-order valence-electron chi connectivity index (χ1n) is 7.93. The summed E-state index contributed by atoms with van der Waals surface area (Å²) in [6, 6.07) is 0. The number of fused-ring (bicyclic) bond motifs is 1. The van der Waals surface area contributed by atoms with Crippen molar-refractivity contribution in [1.29, 1.82) is 0 Å². The van der Waals surface area contributed by atoms with Gasteiger partial charge >= 0.3 is 0 Å². The molecule has 0 spiro atoms. The minimum absolute atomic E-state index is 0. The Bertz CT molecular complexity index is 713. The van der Waals surface area contributed by atoms with E-state index in [0.717, 1.165) is 54.0 Å². The number of aromatic nitrogens is 3. The lowest BCUT2D eigenvalue weighted by atomic mass is 10.0. The van der Waals surface area contributed by atoms with E-state index < -0.39 is 0 Å². The molecule has 22 heavy (non-hydrogen) atoms. The van der Waals surface area contributed by atoms with Crippen LogP contribution in [-0.4, -0.2) is 32.8 Å². The molecule has 2 aromatic rings. The van der Waals surface area contributed by atoms with Gasteiger partial charge in [0.15, 0.2) is 0 Å². The number of nitrogens with zero attached hydrogens (tertiary/aromatic N) is 3. The summed E-state index contributed by atoms with van der Waals surface area (Å²) in [6.07, 6.45) is 3.80. The highest BCUT2D eigenvalue weighted by molar-refractivity contribution is 5.85. The van der Waals surface area contributed by atoms with Crippen molar-refractivity contribution in [2.24, 2.45) is 0 Å². The number of aryl methyl sites for hydroxylation is 3. The summed E-state index contributed by atoms with van der Waals surface area (Å²) in [7, 11) is 0. The standard InChI is InChI=1S/C16H24N4O.ClH/c1-4-20-15-14(12(3)18-20)11(2)13(16(21)17-15)10-19-8-6-5-7-9-19;/h4-10H2,1-3H3,(H,17,21);1H. The van der Waals surface area contributed by atoms with Gasteiger partial charge in [0.05, 0.1) is 5.69 Å². The molecule has 0 aromatic carbocycles. The van der Waals surface area contributed by atoms with E-state index in [1.807, 2.05) is 18.5 Å². The van der Waals surface area contributed by atoms with Gasteiger partial charge in [-0.05, 0) is 52.3 Å². The van der Waals surface area contributed by atoms with Crippen molar-refractivity contribution in [2.75, 3.05) is 13.1 Å². The third-order valence-corrected chi connectivity index (χ3v) is 4.59. The number of halogens is 1. The number of pyridine rings is 1. The van der Waals surface area contributed by atoms with Crippen molar-refractivity contribution in [2.45, 2.75) is 53.1 Å². The smallest absolute Gasteiger partial charge is 0.254 e. The lowest BCUT2D eigenvalue weighted by Gasteiger charge is -2.26. The van der Waals surface area contributed by atoms with Crippen LogP contribution >= 0.6 is 12.4 Å². The highest BCUT2D eigenvalue weighted by atomic mass is 35.5. The van der Waals surface area contributed by atoms with Crippen molar-refractivity contribution in [3.63, 3.8) is 0 Å². The van der Waals surface area contributed by atoms with Crippen molar-refractivity contribution >= 4 is 23.4 Å². The Kier molecular flexibility index (Phi) is 5.29. The van der Waals surface area contributed by atoms with Crippen molar-refractivity contribution in [3.05, 3.63) is 27.2 Å². The summed E-state index contributed by atoms with van der Waals surface area (Å²) in [5, 5.41) is 5.65. The van der Waals surface area contributed by atoms with Gasteiger partial charge in [0.25, 0.3) is 5.56 Å². The number of likely N-dealkylation sites (tertiary alicyclic amines) is 1. The second-order valence-electron chi connectivity index (χ2n) is 6.02. The second kappa shape index (κ2) is 6.84. The van der Waals surface area contributed by atoms with Gasteiger partial charge in [0.2, 0.25) is 0 Å². The Labute approximate surface area is 137 Å². The molecule has 1 fully saturated rings. The SMILES string of the molecule is CCn1nc(C)c2c(C)c(CN3CCCCC3)c(=O)[nH]c21.Cl. The molecule has 0 saturated carbocycles. The molecule has 122 valence electrons. The summed E-state index contributed by atoms with van der Waals surface area (Å²) >= 11 is 0. The van der Waals surface area contributed by atoms with Crippen LogP contribution < -0.4 is 5.56 Å². The molecular formula is C16H25ClN4O. The first-order chi connectivity index (χ1) is 10.1. The Morgan fingerprint density at radius 3 is 2.50 bits per heavy atom. The van der Waals surface area contributed by atoms with Crippen LogP contribution in [0.3, 0.4) is 0 Å². The summed E-state index contributed by atoms with van der Waals surface area (Å²) in [6.45, 7) is 9.85. The van der Waals surface area contributed by atoms with E-state index in [1.165, 1.54) is 19.3 Å². The first-order valence-corrected chi connectivity index (χ1v) is 7.93. The van der Waals surface area contributed by atoms with Crippen molar-refractivity contribution < 1.29 is 0 Å². The number of H-pyrrole nitrogens is 1. The molecule has 3 heterocycles. The zero-order valence-corrected chi connectivity index (χ0v) is 14.4. The quantitative estimate of drug-likeness (QED) is 0.944. The molecule has 1 aliphatic rings. The van der Waals surface area contributed by atoms with Gasteiger partial charge in [-0.25, -0.2) is 4.68 Å². The average Bonchev–Trinajstić information content (AvgIpc) is 2.80. The summed E-state index contributed by atoms with van der Waals surface area (Å²) < 4.78 is 1.88. The molecule has 2 aromatic heterocycles. The molecule has 1 saturated heterocycles. The second-order valence-corrected chi connectivity index (χ2v) is 6.02.